The maximum atomic E-state index is 12.9. The van der Waals surface area contributed by atoms with Crippen molar-refractivity contribution in [3.63, 3.8) is 0 Å². The largest absolute Gasteiger partial charge is 0.465 e. The first-order chi connectivity index (χ1) is 15.3. The van der Waals surface area contributed by atoms with Crippen LogP contribution in [0, 0.1) is 16.0 Å². The summed E-state index contributed by atoms with van der Waals surface area (Å²) in [4.78, 5) is 55.9. The van der Waals surface area contributed by atoms with Gasteiger partial charge in [-0.05, 0) is 19.4 Å². The van der Waals surface area contributed by atoms with Gasteiger partial charge >= 0.3 is 12.1 Å². The lowest BCUT2D eigenvalue weighted by molar-refractivity contribution is -0.384. The molecule has 172 valence electrons. The Labute approximate surface area is 184 Å². The second-order valence-electron chi connectivity index (χ2n) is 7.14. The Morgan fingerprint density at radius 3 is 2.50 bits per heavy atom. The average molecular weight is 447 g/mol. The highest BCUT2D eigenvalue weighted by atomic mass is 16.6. The minimum absolute atomic E-state index is 0.0800. The van der Waals surface area contributed by atoms with Crippen LogP contribution in [0.15, 0.2) is 29.3 Å². The Bertz CT molecular complexity index is 927. The number of nitro groups is 1. The van der Waals surface area contributed by atoms with E-state index >= 15 is 0 Å². The van der Waals surface area contributed by atoms with Crippen molar-refractivity contribution in [2.45, 2.75) is 19.9 Å². The number of nitrogens with zero attached hydrogens (tertiary/aromatic N) is 4. The molecule has 0 bridgehead atoms. The van der Waals surface area contributed by atoms with Gasteiger partial charge in [-0.2, -0.15) is 0 Å². The summed E-state index contributed by atoms with van der Waals surface area (Å²) in [6.07, 6.45) is -0.404. The molecule has 2 amide bonds. The predicted octanol–water partition coefficient (Wildman–Crippen LogP) is 1.08. The van der Waals surface area contributed by atoms with Crippen molar-refractivity contribution in [2.24, 2.45) is 10.9 Å². The molecule has 1 N–H and O–H groups in total. The maximum Gasteiger partial charge on any atom is 0.409 e. The van der Waals surface area contributed by atoms with Crippen molar-refractivity contribution in [3.05, 3.63) is 39.9 Å². The second-order valence-corrected chi connectivity index (χ2v) is 7.14. The summed E-state index contributed by atoms with van der Waals surface area (Å²) in [5.41, 5.74) is 0.186. The molecule has 1 fully saturated rings. The number of esters is 1. The van der Waals surface area contributed by atoms with Crippen LogP contribution in [0.2, 0.25) is 0 Å². The number of nitro benzene ring substituents is 1. The summed E-state index contributed by atoms with van der Waals surface area (Å²) in [6, 6.07) is 4.71. The minimum atomic E-state index is -1.28. The van der Waals surface area contributed by atoms with Gasteiger partial charge in [-0.3, -0.25) is 25.0 Å². The highest BCUT2D eigenvalue weighted by Gasteiger charge is 2.42. The van der Waals surface area contributed by atoms with E-state index in [1.165, 1.54) is 18.2 Å². The van der Waals surface area contributed by atoms with Crippen molar-refractivity contribution >= 4 is 29.6 Å². The summed E-state index contributed by atoms with van der Waals surface area (Å²) < 4.78 is 10.1. The highest BCUT2D eigenvalue weighted by Crippen LogP contribution is 2.32. The molecule has 0 saturated carbocycles. The molecule has 1 saturated heterocycles. The van der Waals surface area contributed by atoms with Crippen molar-refractivity contribution in [1.29, 1.82) is 0 Å². The first-order valence-electron chi connectivity index (χ1n) is 10.3. The summed E-state index contributed by atoms with van der Waals surface area (Å²) in [5.74, 6) is -2.38. The standard InChI is InChI=1S/C20H25N5O7/c1-3-31-18(27)15-16(13-6-5-7-14(12-13)25(29)30)21-19(22-17(15)26)23-8-10-24(11-9-23)20(28)32-4-2/h5-7,12,15-16H,3-4,8-11H2,1-2H3,(H,21,22,26). The lowest BCUT2D eigenvalue weighted by atomic mass is 9.91. The molecule has 12 heteroatoms. The number of guanidine groups is 1. The molecule has 2 aliphatic heterocycles. The van der Waals surface area contributed by atoms with E-state index in [1.54, 1.807) is 29.7 Å². The van der Waals surface area contributed by atoms with Crippen LogP contribution in [0.4, 0.5) is 10.5 Å². The number of carbonyl (C=O) groups is 3. The molecule has 1 aromatic rings. The third-order valence-electron chi connectivity index (χ3n) is 5.16. The molecule has 2 atom stereocenters. The Kier molecular flexibility index (Phi) is 7.23. The lowest BCUT2D eigenvalue weighted by Gasteiger charge is -2.38. The van der Waals surface area contributed by atoms with Crippen LogP contribution in [0.25, 0.3) is 0 Å². The van der Waals surface area contributed by atoms with E-state index in [1.807, 2.05) is 0 Å². The monoisotopic (exact) mass is 447 g/mol. The van der Waals surface area contributed by atoms with Gasteiger partial charge in [0, 0.05) is 38.3 Å². The first-order valence-corrected chi connectivity index (χ1v) is 10.3. The molecular weight excluding hydrogens is 422 g/mol. The molecule has 2 aliphatic rings. The summed E-state index contributed by atoms with van der Waals surface area (Å²) in [7, 11) is 0. The molecular formula is C20H25N5O7. The normalized spacial score (nSPS) is 20.8. The van der Waals surface area contributed by atoms with E-state index in [9.17, 15) is 24.5 Å². The van der Waals surface area contributed by atoms with Crippen molar-refractivity contribution in [1.82, 2.24) is 15.1 Å². The molecule has 0 spiro atoms. The maximum absolute atomic E-state index is 12.9. The molecule has 0 aromatic heterocycles. The van der Waals surface area contributed by atoms with Crippen molar-refractivity contribution < 1.29 is 28.8 Å². The van der Waals surface area contributed by atoms with E-state index < -0.39 is 34.9 Å². The number of hydrogen-bond acceptors (Lipinski definition) is 9. The van der Waals surface area contributed by atoms with E-state index in [0.29, 0.717) is 31.7 Å². The predicted molar refractivity (Wildman–Crippen MR) is 112 cm³/mol. The molecule has 2 unspecified atom stereocenters. The van der Waals surface area contributed by atoms with Gasteiger partial charge in [-0.15, -0.1) is 0 Å². The number of aliphatic imine (C=N–C) groups is 1. The van der Waals surface area contributed by atoms with Gasteiger partial charge in [0.25, 0.3) is 5.69 Å². The number of ether oxygens (including phenoxy) is 2. The van der Waals surface area contributed by atoms with Gasteiger partial charge in [-0.1, -0.05) is 12.1 Å². The molecule has 3 rings (SSSR count). The SMILES string of the molecule is CCOC(=O)C1C(=O)NC(N2CCN(C(=O)OCC)CC2)=NC1c1cccc([N+](=O)[O-])c1. The topological polar surface area (TPSA) is 144 Å². The van der Waals surface area contributed by atoms with E-state index in [-0.39, 0.29) is 24.9 Å². The fourth-order valence-electron chi connectivity index (χ4n) is 3.60. The average Bonchev–Trinajstić information content (AvgIpc) is 2.79. The number of nitrogens with one attached hydrogen (secondary N) is 1. The Hall–Kier alpha value is -3.70. The van der Waals surface area contributed by atoms with Crippen LogP contribution in [-0.4, -0.2) is 78.0 Å². The Morgan fingerprint density at radius 2 is 1.88 bits per heavy atom. The van der Waals surface area contributed by atoms with E-state index in [4.69, 9.17) is 9.47 Å². The second kappa shape index (κ2) is 10.1. The molecule has 32 heavy (non-hydrogen) atoms. The van der Waals surface area contributed by atoms with E-state index in [2.05, 4.69) is 10.3 Å². The van der Waals surface area contributed by atoms with Crippen molar-refractivity contribution in [2.75, 3.05) is 39.4 Å². The zero-order chi connectivity index (χ0) is 23.3. The summed E-state index contributed by atoms with van der Waals surface area (Å²) in [5, 5.41) is 13.9. The fourth-order valence-corrected chi connectivity index (χ4v) is 3.60. The van der Waals surface area contributed by atoms with Gasteiger partial charge in [0.15, 0.2) is 5.92 Å². The minimum Gasteiger partial charge on any atom is -0.465 e. The summed E-state index contributed by atoms with van der Waals surface area (Å²) in [6.45, 7) is 5.24. The summed E-state index contributed by atoms with van der Waals surface area (Å²) >= 11 is 0. The third-order valence-corrected chi connectivity index (χ3v) is 5.16. The van der Waals surface area contributed by atoms with Gasteiger partial charge in [0.1, 0.15) is 6.04 Å². The molecule has 12 nitrogen and oxygen atoms in total. The van der Waals surface area contributed by atoms with Gasteiger partial charge in [-0.25, -0.2) is 9.79 Å². The fraction of sp³-hybridized carbons (Fsp3) is 0.500. The third kappa shape index (κ3) is 4.95. The van der Waals surface area contributed by atoms with Gasteiger partial charge in [0.05, 0.1) is 18.1 Å². The molecule has 0 radical (unpaired) electrons. The lowest BCUT2D eigenvalue weighted by Crippen LogP contribution is -2.58. The van der Waals surface area contributed by atoms with E-state index in [0.717, 1.165) is 0 Å². The zero-order valence-corrected chi connectivity index (χ0v) is 17.9. The number of carbonyl (C=O) groups excluding carboxylic acids is 3. The number of piperazine rings is 1. The van der Waals surface area contributed by atoms with Crippen LogP contribution in [-0.2, 0) is 19.1 Å². The number of amides is 2. The van der Waals surface area contributed by atoms with Crippen LogP contribution < -0.4 is 5.32 Å². The quantitative estimate of drug-likeness (QED) is 0.306. The van der Waals surface area contributed by atoms with Gasteiger partial charge in [0.2, 0.25) is 11.9 Å². The zero-order valence-electron chi connectivity index (χ0n) is 17.9. The van der Waals surface area contributed by atoms with Crippen LogP contribution in [0.1, 0.15) is 25.5 Å². The number of rotatable bonds is 5. The number of hydrogen-bond donors (Lipinski definition) is 1. The highest BCUT2D eigenvalue weighted by molar-refractivity contribution is 6.08. The number of benzene rings is 1. The van der Waals surface area contributed by atoms with Crippen molar-refractivity contribution in [3.8, 4) is 0 Å². The van der Waals surface area contributed by atoms with Crippen LogP contribution >= 0.6 is 0 Å². The molecule has 2 heterocycles. The van der Waals surface area contributed by atoms with Crippen LogP contribution in [0.3, 0.4) is 0 Å². The Balaban J connectivity index is 1.88. The first kappa shape index (κ1) is 23.0. The van der Waals surface area contributed by atoms with Crippen LogP contribution in [0.5, 0.6) is 0 Å². The number of non-ortho nitro benzene ring substituents is 1. The smallest absolute Gasteiger partial charge is 0.409 e. The molecule has 0 aliphatic carbocycles. The molecule has 1 aromatic carbocycles. The van der Waals surface area contributed by atoms with Gasteiger partial charge < -0.3 is 19.3 Å². The Morgan fingerprint density at radius 1 is 1.19 bits per heavy atom.